The van der Waals surface area contributed by atoms with Gasteiger partial charge in [-0.2, -0.15) is 0 Å². The molecule has 3 nitrogen and oxygen atoms in total. The highest BCUT2D eigenvalue weighted by atomic mass is 35.5. The van der Waals surface area contributed by atoms with Crippen LogP contribution in [0.3, 0.4) is 0 Å². The van der Waals surface area contributed by atoms with Gasteiger partial charge in [0.15, 0.2) is 11.5 Å². The lowest BCUT2D eigenvalue weighted by Gasteiger charge is -2.13. The SMILES string of the molecule is COc1cc(CO)c(Cl)cc1OCc1ccc(Cl)cc1Cl. The first kappa shape index (κ1) is 16.2. The lowest BCUT2D eigenvalue weighted by Crippen LogP contribution is -2.00. The number of aliphatic hydroxyl groups excluding tert-OH is 1. The van der Waals surface area contributed by atoms with Crippen LogP contribution in [0.2, 0.25) is 15.1 Å². The average molecular weight is 348 g/mol. The van der Waals surface area contributed by atoms with Crippen LogP contribution in [0.1, 0.15) is 11.1 Å². The summed E-state index contributed by atoms with van der Waals surface area (Å²) in [6, 6.07) is 8.43. The van der Waals surface area contributed by atoms with Crippen LogP contribution in [-0.2, 0) is 13.2 Å². The van der Waals surface area contributed by atoms with Crippen LogP contribution in [-0.4, -0.2) is 12.2 Å². The van der Waals surface area contributed by atoms with Crippen molar-refractivity contribution in [3.05, 3.63) is 56.5 Å². The minimum Gasteiger partial charge on any atom is -0.493 e. The molecule has 0 fully saturated rings. The largest absolute Gasteiger partial charge is 0.493 e. The predicted octanol–water partition coefficient (Wildman–Crippen LogP) is 4.73. The summed E-state index contributed by atoms with van der Waals surface area (Å²) in [6.07, 6.45) is 0. The van der Waals surface area contributed by atoms with E-state index in [-0.39, 0.29) is 13.2 Å². The van der Waals surface area contributed by atoms with Crippen molar-refractivity contribution in [3.63, 3.8) is 0 Å². The fourth-order valence-electron chi connectivity index (χ4n) is 1.76. The topological polar surface area (TPSA) is 38.7 Å². The van der Waals surface area contributed by atoms with E-state index in [0.29, 0.717) is 32.1 Å². The van der Waals surface area contributed by atoms with Gasteiger partial charge in [0.25, 0.3) is 0 Å². The van der Waals surface area contributed by atoms with E-state index in [4.69, 9.17) is 44.3 Å². The van der Waals surface area contributed by atoms with E-state index in [0.717, 1.165) is 5.56 Å². The Morgan fingerprint density at radius 3 is 2.29 bits per heavy atom. The van der Waals surface area contributed by atoms with Crippen LogP contribution in [0.15, 0.2) is 30.3 Å². The van der Waals surface area contributed by atoms with Gasteiger partial charge in [-0.25, -0.2) is 0 Å². The normalized spacial score (nSPS) is 10.5. The van der Waals surface area contributed by atoms with Gasteiger partial charge in [-0.05, 0) is 23.8 Å². The Bertz CT molecular complexity index is 644. The molecule has 2 aromatic rings. The molecule has 1 N–H and O–H groups in total. The van der Waals surface area contributed by atoms with Crippen molar-refractivity contribution < 1.29 is 14.6 Å². The number of rotatable bonds is 5. The monoisotopic (exact) mass is 346 g/mol. The first-order valence-corrected chi connectivity index (χ1v) is 7.22. The van der Waals surface area contributed by atoms with Crippen molar-refractivity contribution in [2.45, 2.75) is 13.2 Å². The molecule has 0 aliphatic carbocycles. The number of methoxy groups -OCH3 is 1. The highest BCUT2D eigenvalue weighted by Gasteiger charge is 2.11. The zero-order valence-corrected chi connectivity index (χ0v) is 13.5. The van der Waals surface area contributed by atoms with E-state index < -0.39 is 0 Å². The van der Waals surface area contributed by atoms with E-state index >= 15 is 0 Å². The fraction of sp³-hybridized carbons (Fsp3) is 0.200. The Morgan fingerprint density at radius 2 is 1.67 bits per heavy atom. The maximum atomic E-state index is 9.19. The van der Waals surface area contributed by atoms with Crippen molar-refractivity contribution in [1.29, 1.82) is 0 Å². The minimum atomic E-state index is -0.168. The van der Waals surface area contributed by atoms with Gasteiger partial charge in [0.05, 0.1) is 18.7 Å². The highest BCUT2D eigenvalue weighted by Crippen LogP contribution is 2.34. The Labute approximate surface area is 138 Å². The van der Waals surface area contributed by atoms with E-state index in [1.807, 2.05) is 0 Å². The third-order valence-corrected chi connectivity index (χ3v) is 3.84. The lowest BCUT2D eigenvalue weighted by molar-refractivity contribution is 0.274. The summed E-state index contributed by atoms with van der Waals surface area (Å²) < 4.78 is 10.9. The van der Waals surface area contributed by atoms with Crippen LogP contribution >= 0.6 is 34.8 Å². The van der Waals surface area contributed by atoms with E-state index in [1.165, 1.54) is 7.11 Å². The summed E-state index contributed by atoms with van der Waals surface area (Å²) in [5, 5.41) is 10.7. The fourth-order valence-corrected chi connectivity index (χ4v) is 2.44. The van der Waals surface area contributed by atoms with Crippen molar-refractivity contribution in [2.24, 2.45) is 0 Å². The zero-order valence-electron chi connectivity index (χ0n) is 11.2. The lowest BCUT2D eigenvalue weighted by atomic mass is 10.2. The Hall–Kier alpha value is -1.13. The maximum absolute atomic E-state index is 9.19. The van der Waals surface area contributed by atoms with Gasteiger partial charge in [0, 0.05) is 21.7 Å². The van der Waals surface area contributed by atoms with Gasteiger partial charge in [0.2, 0.25) is 0 Å². The summed E-state index contributed by atoms with van der Waals surface area (Å²) >= 11 is 18.0. The van der Waals surface area contributed by atoms with Gasteiger partial charge in [-0.15, -0.1) is 0 Å². The van der Waals surface area contributed by atoms with Crippen molar-refractivity contribution in [2.75, 3.05) is 7.11 Å². The molecule has 21 heavy (non-hydrogen) atoms. The summed E-state index contributed by atoms with van der Waals surface area (Å²) in [6.45, 7) is 0.0830. The molecule has 0 radical (unpaired) electrons. The molecule has 0 aliphatic heterocycles. The average Bonchev–Trinajstić information content (AvgIpc) is 2.46. The Kier molecular flexibility index (Phi) is 5.59. The van der Waals surface area contributed by atoms with Crippen LogP contribution in [0.25, 0.3) is 0 Å². The molecule has 0 spiro atoms. The van der Waals surface area contributed by atoms with Gasteiger partial charge < -0.3 is 14.6 Å². The van der Waals surface area contributed by atoms with Gasteiger partial charge >= 0.3 is 0 Å². The molecule has 6 heteroatoms. The molecule has 0 atom stereocenters. The van der Waals surface area contributed by atoms with Gasteiger partial charge in [-0.3, -0.25) is 0 Å². The third-order valence-electron chi connectivity index (χ3n) is 2.90. The molecule has 0 aromatic heterocycles. The van der Waals surface area contributed by atoms with Crippen molar-refractivity contribution in [3.8, 4) is 11.5 Å². The number of ether oxygens (including phenoxy) is 2. The van der Waals surface area contributed by atoms with Crippen LogP contribution in [0.4, 0.5) is 0 Å². The number of hydrogen-bond acceptors (Lipinski definition) is 3. The molecule has 2 rings (SSSR count). The molecule has 0 heterocycles. The quantitative estimate of drug-likeness (QED) is 0.850. The summed E-state index contributed by atoms with van der Waals surface area (Å²) in [4.78, 5) is 0. The number of halogens is 3. The Balaban J connectivity index is 2.21. The molecule has 0 bridgehead atoms. The molecule has 2 aromatic carbocycles. The van der Waals surface area contributed by atoms with Crippen molar-refractivity contribution >= 4 is 34.8 Å². The Morgan fingerprint density at radius 1 is 0.952 bits per heavy atom. The number of benzene rings is 2. The predicted molar refractivity (Wildman–Crippen MR) is 84.7 cm³/mol. The summed E-state index contributed by atoms with van der Waals surface area (Å²) in [5.74, 6) is 0.972. The highest BCUT2D eigenvalue weighted by molar-refractivity contribution is 6.35. The molecule has 0 saturated heterocycles. The van der Waals surface area contributed by atoms with E-state index in [9.17, 15) is 5.11 Å². The van der Waals surface area contributed by atoms with E-state index in [1.54, 1.807) is 30.3 Å². The van der Waals surface area contributed by atoms with Crippen LogP contribution in [0, 0.1) is 0 Å². The standard InChI is InChI=1S/C15H13Cl3O3/c1-20-14-4-10(7-19)13(18)6-15(14)21-8-9-2-3-11(16)5-12(9)17/h2-6,19H,7-8H2,1H3. The van der Waals surface area contributed by atoms with Crippen LogP contribution < -0.4 is 9.47 Å². The molecule has 0 unspecified atom stereocenters. The molecular weight excluding hydrogens is 335 g/mol. The molecule has 112 valence electrons. The second-order valence-corrected chi connectivity index (χ2v) is 5.53. The van der Waals surface area contributed by atoms with Gasteiger partial charge in [0.1, 0.15) is 6.61 Å². The first-order valence-electron chi connectivity index (χ1n) is 6.09. The molecular formula is C15H13Cl3O3. The molecule has 0 amide bonds. The maximum Gasteiger partial charge on any atom is 0.163 e. The van der Waals surface area contributed by atoms with E-state index in [2.05, 4.69) is 0 Å². The summed E-state index contributed by atoms with van der Waals surface area (Å²) in [7, 11) is 1.52. The second-order valence-electron chi connectivity index (χ2n) is 4.28. The number of aliphatic hydroxyl groups is 1. The zero-order chi connectivity index (χ0) is 15.4. The second kappa shape index (κ2) is 7.23. The molecule has 0 saturated carbocycles. The number of hydrogen-bond donors (Lipinski definition) is 1. The third kappa shape index (κ3) is 3.95. The molecule has 0 aliphatic rings. The smallest absolute Gasteiger partial charge is 0.163 e. The van der Waals surface area contributed by atoms with Crippen molar-refractivity contribution in [1.82, 2.24) is 0 Å². The minimum absolute atomic E-state index is 0.168. The van der Waals surface area contributed by atoms with Crippen LogP contribution in [0.5, 0.6) is 11.5 Å². The summed E-state index contributed by atoms with van der Waals surface area (Å²) in [5.41, 5.74) is 1.37. The first-order chi connectivity index (χ1) is 10.0. The van der Waals surface area contributed by atoms with Gasteiger partial charge in [-0.1, -0.05) is 40.9 Å².